The molecule has 0 amide bonds. The third kappa shape index (κ3) is 2.24. The third-order valence-electron chi connectivity index (χ3n) is 4.14. The van der Waals surface area contributed by atoms with Gasteiger partial charge in [-0.25, -0.2) is 13.1 Å². The van der Waals surface area contributed by atoms with Crippen LogP contribution in [0.3, 0.4) is 0 Å². The molecular weight excluding hydrogens is 248 g/mol. The van der Waals surface area contributed by atoms with Gasteiger partial charge >= 0.3 is 0 Å². The number of sulfonamides is 1. The third-order valence-corrected chi connectivity index (χ3v) is 5.56. The first-order chi connectivity index (χ1) is 8.52. The van der Waals surface area contributed by atoms with E-state index in [-0.39, 0.29) is 5.41 Å². The Labute approximate surface area is 108 Å². The van der Waals surface area contributed by atoms with E-state index in [9.17, 15) is 8.42 Å². The van der Waals surface area contributed by atoms with Crippen LogP contribution in [-0.4, -0.2) is 15.0 Å². The molecule has 98 valence electrons. The minimum absolute atomic E-state index is 0.279. The standard InChI is InChI=1S/C13H18N2O2S/c14-11-3-5-12(6-4-11)18(16,17)15-9-13(7-8-13)10-1-2-10/h3-6,10,15H,1-2,7-9,14H2. The first-order valence-corrected chi connectivity index (χ1v) is 7.85. The number of nitrogens with one attached hydrogen (secondary N) is 1. The molecule has 5 heteroatoms. The summed E-state index contributed by atoms with van der Waals surface area (Å²) in [5, 5.41) is 0. The second-order valence-electron chi connectivity index (χ2n) is 5.53. The van der Waals surface area contributed by atoms with Crippen molar-refractivity contribution in [2.24, 2.45) is 11.3 Å². The largest absolute Gasteiger partial charge is 0.399 e. The van der Waals surface area contributed by atoms with E-state index in [1.165, 1.54) is 25.7 Å². The molecule has 1 aromatic rings. The molecule has 2 fully saturated rings. The number of nitrogens with two attached hydrogens (primary N) is 1. The van der Waals surface area contributed by atoms with Crippen LogP contribution < -0.4 is 10.5 Å². The predicted octanol–water partition coefficient (Wildman–Crippen LogP) is 1.74. The molecule has 0 spiro atoms. The van der Waals surface area contributed by atoms with Crippen molar-refractivity contribution in [3.63, 3.8) is 0 Å². The van der Waals surface area contributed by atoms with Gasteiger partial charge in [0.1, 0.15) is 0 Å². The molecule has 0 bridgehead atoms. The molecule has 3 N–H and O–H groups in total. The molecule has 0 heterocycles. The summed E-state index contributed by atoms with van der Waals surface area (Å²) >= 11 is 0. The van der Waals surface area contributed by atoms with E-state index < -0.39 is 10.0 Å². The molecule has 1 aromatic carbocycles. The average molecular weight is 266 g/mol. The zero-order chi connectivity index (χ0) is 12.8. The lowest BCUT2D eigenvalue weighted by molar-refractivity contribution is 0.432. The van der Waals surface area contributed by atoms with Crippen molar-refractivity contribution in [2.45, 2.75) is 30.6 Å². The highest BCUT2D eigenvalue weighted by Gasteiger charge is 2.53. The van der Waals surface area contributed by atoms with Gasteiger partial charge in [-0.15, -0.1) is 0 Å². The Hall–Kier alpha value is -1.07. The Balaban J connectivity index is 1.69. The van der Waals surface area contributed by atoms with Crippen molar-refractivity contribution in [3.8, 4) is 0 Å². The van der Waals surface area contributed by atoms with Crippen molar-refractivity contribution in [1.29, 1.82) is 0 Å². The molecule has 0 saturated heterocycles. The number of hydrogen-bond donors (Lipinski definition) is 2. The fraction of sp³-hybridized carbons (Fsp3) is 0.538. The fourth-order valence-corrected chi connectivity index (χ4v) is 3.69. The number of nitrogen functional groups attached to an aromatic ring is 1. The van der Waals surface area contributed by atoms with Crippen molar-refractivity contribution < 1.29 is 8.42 Å². The molecule has 2 aliphatic carbocycles. The first-order valence-electron chi connectivity index (χ1n) is 6.37. The van der Waals surface area contributed by atoms with Crippen LogP contribution in [0.2, 0.25) is 0 Å². The minimum Gasteiger partial charge on any atom is -0.399 e. The summed E-state index contributed by atoms with van der Waals surface area (Å²) in [6.45, 7) is 0.588. The Morgan fingerprint density at radius 2 is 1.83 bits per heavy atom. The van der Waals surface area contributed by atoms with Gasteiger partial charge in [0.05, 0.1) is 4.90 Å². The van der Waals surface area contributed by atoms with E-state index in [4.69, 9.17) is 5.73 Å². The lowest BCUT2D eigenvalue weighted by Gasteiger charge is -2.15. The lowest BCUT2D eigenvalue weighted by Crippen LogP contribution is -2.31. The molecule has 2 saturated carbocycles. The van der Waals surface area contributed by atoms with Crippen LogP contribution in [0.25, 0.3) is 0 Å². The van der Waals surface area contributed by atoms with Crippen LogP contribution in [0, 0.1) is 11.3 Å². The summed E-state index contributed by atoms with van der Waals surface area (Å²) < 4.78 is 27.0. The maximum atomic E-state index is 12.1. The quantitative estimate of drug-likeness (QED) is 0.797. The van der Waals surface area contributed by atoms with Crippen molar-refractivity contribution in [3.05, 3.63) is 24.3 Å². The Kier molecular flexibility index (Phi) is 2.64. The van der Waals surface area contributed by atoms with Gasteiger partial charge in [-0.2, -0.15) is 0 Å². The Morgan fingerprint density at radius 3 is 2.33 bits per heavy atom. The zero-order valence-corrected chi connectivity index (χ0v) is 11.0. The minimum atomic E-state index is -3.38. The van der Waals surface area contributed by atoms with E-state index >= 15 is 0 Å². The SMILES string of the molecule is Nc1ccc(S(=O)(=O)NCC2(C3CC3)CC2)cc1. The highest BCUT2D eigenvalue weighted by molar-refractivity contribution is 7.89. The highest BCUT2D eigenvalue weighted by Crippen LogP contribution is 2.60. The Bertz CT molecular complexity index is 543. The number of anilines is 1. The molecule has 0 radical (unpaired) electrons. The van der Waals surface area contributed by atoms with Gasteiger partial charge < -0.3 is 5.73 Å². The highest BCUT2D eigenvalue weighted by atomic mass is 32.2. The lowest BCUT2D eigenvalue weighted by atomic mass is 10.0. The van der Waals surface area contributed by atoms with Gasteiger partial charge in [0.2, 0.25) is 10.0 Å². The number of hydrogen-bond acceptors (Lipinski definition) is 3. The van der Waals surface area contributed by atoms with Crippen molar-refractivity contribution >= 4 is 15.7 Å². The topological polar surface area (TPSA) is 72.2 Å². The zero-order valence-electron chi connectivity index (χ0n) is 10.2. The molecule has 0 atom stereocenters. The van der Waals surface area contributed by atoms with E-state index in [0.717, 1.165) is 5.92 Å². The van der Waals surface area contributed by atoms with Crippen LogP contribution in [0.15, 0.2) is 29.2 Å². The van der Waals surface area contributed by atoms with Gasteiger partial charge in [-0.05, 0) is 61.3 Å². The molecule has 18 heavy (non-hydrogen) atoms. The van der Waals surface area contributed by atoms with Gasteiger partial charge in [-0.3, -0.25) is 0 Å². The van der Waals surface area contributed by atoms with Crippen LogP contribution in [0.5, 0.6) is 0 Å². The van der Waals surface area contributed by atoms with Gasteiger partial charge in [0.25, 0.3) is 0 Å². The monoisotopic (exact) mass is 266 g/mol. The molecule has 0 aliphatic heterocycles. The summed E-state index contributed by atoms with van der Waals surface area (Å²) in [6, 6.07) is 6.33. The fourth-order valence-electron chi connectivity index (χ4n) is 2.55. The molecule has 2 aliphatic rings. The second kappa shape index (κ2) is 3.96. The van der Waals surface area contributed by atoms with Crippen LogP contribution in [0.4, 0.5) is 5.69 Å². The van der Waals surface area contributed by atoms with Gasteiger partial charge in [0, 0.05) is 12.2 Å². The molecule has 4 nitrogen and oxygen atoms in total. The first kappa shape index (κ1) is 12.0. The molecule has 0 unspecified atom stereocenters. The molecule has 0 aromatic heterocycles. The molecular formula is C13H18N2O2S. The summed E-state index contributed by atoms with van der Waals surface area (Å²) in [6.07, 6.45) is 4.87. The normalized spacial score (nSPS) is 21.8. The van der Waals surface area contributed by atoms with Gasteiger partial charge in [0.15, 0.2) is 0 Å². The van der Waals surface area contributed by atoms with Crippen molar-refractivity contribution in [1.82, 2.24) is 4.72 Å². The summed E-state index contributed by atoms with van der Waals surface area (Å²) in [5.74, 6) is 0.756. The number of rotatable bonds is 5. The van der Waals surface area contributed by atoms with Crippen LogP contribution in [0.1, 0.15) is 25.7 Å². The van der Waals surface area contributed by atoms with Crippen molar-refractivity contribution in [2.75, 3.05) is 12.3 Å². The summed E-state index contributed by atoms with van der Waals surface area (Å²) in [5.41, 5.74) is 6.41. The predicted molar refractivity (Wildman–Crippen MR) is 70.4 cm³/mol. The van der Waals surface area contributed by atoms with E-state index in [1.807, 2.05) is 0 Å². The average Bonchev–Trinajstić information content (AvgIpc) is 3.19. The maximum Gasteiger partial charge on any atom is 0.240 e. The second-order valence-corrected chi connectivity index (χ2v) is 7.30. The van der Waals surface area contributed by atoms with E-state index in [2.05, 4.69) is 4.72 Å². The van der Waals surface area contributed by atoms with E-state index in [0.29, 0.717) is 17.1 Å². The Morgan fingerprint density at radius 1 is 1.22 bits per heavy atom. The van der Waals surface area contributed by atoms with Crippen LogP contribution in [-0.2, 0) is 10.0 Å². The van der Waals surface area contributed by atoms with Crippen LogP contribution >= 0.6 is 0 Å². The summed E-state index contributed by atoms with van der Waals surface area (Å²) in [7, 11) is -3.38. The maximum absolute atomic E-state index is 12.1. The summed E-state index contributed by atoms with van der Waals surface area (Å²) in [4.78, 5) is 0.295. The van der Waals surface area contributed by atoms with Gasteiger partial charge in [-0.1, -0.05) is 0 Å². The van der Waals surface area contributed by atoms with E-state index in [1.54, 1.807) is 24.3 Å². The molecule has 3 rings (SSSR count). The smallest absolute Gasteiger partial charge is 0.240 e. The number of benzene rings is 1.